The molecule has 0 saturated heterocycles. The first kappa shape index (κ1) is 17.1. The van der Waals surface area contributed by atoms with Crippen molar-refractivity contribution < 1.29 is 19.7 Å². The first-order valence-corrected chi connectivity index (χ1v) is 7.68. The number of rotatable bonds is 9. The molecule has 0 fully saturated rings. The van der Waals surface area contributed by atoms with Crippen LogP contribution in [0.3, 0.4) is 0 Å². The van der Waals surface area contributed by atoms with Gasteiger partial charge in [0.15, 0.2) is 0 Å². The van der Waals surface area contributed by atoms with Crippen molar-refractivity contribution in [2.24, 2.45) is 0 Å². The number of anilines is 1. The Balaban J connectivity index is 1.87. The molecular weight excluding hydrogens is 294 g/mol. The second-order valence-corrected chi connectivity index (χ2v) is 5.11. The van der Waals surface area contributed by atoms with Crippen LogP contribution in [0.5, 0.6) is 11.5 Å². The molecule has 0 saturated carbocycles. The molecule has 5 nitrogen and oxygen atoms in total. The lowest BCUT2D eigenvalue weighted by molar-refractivity contribution is 0.105. The summed E-state index contributed by atoms with van der Waals surface area (Å²) in [7, 11) is 0. The van der Waals surface area contributed by atoms with E-state index in [9.17, 15) is 5.11 Å². The van der Waals surface area contributed by atoms with Gasteiger partial charge < -0.3 is 25.0 Å². The molecule has 0 aliphatic carbocycles. The number of hydrogen-bond acceptors (Lipinski definition) is 5. The van der Waals surface area contributed by atoms with Crippen LogP contribution in [0.4, 0.5) is 5.69 Å². The van der Waals surface area contributed by atoms with Crippen molar-refractivity contribution in [3.63, 3.8) is 0 Å². The van der Waals surface area contributed by atoms with Crippen molar-refractivity contribution in [2.75, 3.05) is 25.1 Å². The fraction of sp³-hybridized carbons (Fsp3) is 0.333. The van der Waals surface area contributed by atoms with Gasteiger partial charge in [-0.2, -0.15) is 0 Å². The number of hydrogen-bond donors (Lipinski definition) is 3. The minimum Gasteiger partial charge on any atom is -0.494 e. The van der Waals surface area contributed by atoms with Gasteiger partial charge in [-0.1, -0.05) is 12.1 Å². The molecule has 2 aromatic carbocycles. The fourth-order valence-corrected chi connectivity index (χ4v) is 2.04. The van der Waals surface area contributed by atoms with E-state index in [2.05, 4.69) is 5.32 Å². The highest BCUT2D eigenvalue weighted by molar-refractivity contribution is 5.45. The molecule has 2 rings (SSSR count). The number of ether oxygens (including phenoxy) is 2. The number of aliphatic hydroxyl groups is 2. The second kappa shape index (κ2) is 9.02. The van der Waals surface area contributed by atoms with Crippen LogP contribution < -0.4 is 14.8 Å². The van der Waals surface area contributed by atoms with Crippen molar-refractivity contribution in [1.82, 2.24) is 0 Å². The summed E-state index contributed by atoms with van der Waals surface area (Å²) in [6.07, 6.45) is -0.765. The molecular formula is C18H23NO4. The van der Waals surface area contributed by atoms with E-state index in [1.807, 2.05) is 55.5 Å². The molecule has 0 amide bonds. The molecule has 5 heteroatoms. The van der Waals surface area contributed by atoms with Gasteiger partial charge >= 0.3 is 0 Å². The van der Waals surface area contributed by atoms with Crippen molar-refractivity contribution in [3.05, 3.63) is 54.1 Å². The molecule has 23 heavy (non-hydrogen) atoms. The van der Waals surface area contributed by atoms with E-state index in [-0.39, 0.29) is 6.61 Å². The molecule has 124 valence electrons. The molecule has 0 bridgehead atoms. The molecule has 1 unspecified atom stereocenters. The lowest BCUT2D eigenvalue weighted by Gasteiger charge is -2.12. The van der Waals surface area contributed by atoms with E-state index in [1.165, 1.54) is 0 Å². The average molecular weight is 317 g/mol. The lowest BCUT2D eigenvalue weighted by atomic mass is 10.2. The summed E-state index contributed by atoms with van der Waals surface area (Å²) >= 11 is 0. The normalized spacial score (nSPS) is 11.8. The summed E-state index contributed by atoms with van der Waals surface area (Å²) < 4.78 is 11.1. The standard InChI is InChI=1S/C18H23NO4/c1-2-22-17-6-8-18(9-7-17)23-13-14-4-3-5-15(10-14)19-11-16(21)12-20/h3-10,16,19-21H,2,11-13H2,1H3. The van der Waals surface area contributed by atoms with Crippen LogP contribution in [0.25, 0.3) is 0 Å². The Morgan fingerprint density at radius 2 is 1.74 bits per heavy atom. The quantitative estimate of drug-likeness (QED) is 0.662. The molecule has 0 aliphatic heterocycles. The van der Waals surface area contributed by atoms with E-state index in [0.717, 1.165) is 22.7 Å². The van der Waals surface area contributed by atoms with Crippen LogP contribution in [-0.4, -0.2) is 36.1 Å². The van der Waals surface area contributed by atoms with Gasteiger partial charge in [-0.05, 0) is 48.9 Å². The van der Waals surface area contributed by atoms with Gasteiger partial charge in [0.2, 0.25) is 0 Å². The van der Waals surface area contributed by atoms with Gasteiger partial charge in [-0.25, -0.2) is 0 Å². The monoisotopic (exact) mass is 317 g/mol. The van der Waals surface area contributed by atoms with Gasteiger partial charge in [0.05, 0.1) is 19.3 Å². The highest BCUT2D eigenvalue weighted by atomic mass is 16.5. The first-order valence-electron chi connectivity index (χ1n) is 7.68. The second-order valence-electron chi connectivity index (χ2n) is 5.11. The van der Waals surface area contributed by atoms with Crippen LogP contribution in [0.2, 0.25) is 0 Å². The minimum absolute atomic E-state index is 0.256. The largest absolute Gasteiger partial charge is 0.494 e. The predicted molar refractivity (Wildman–Crippen MR) is 90.0 cm³/mol. The van der Waals surface area contributed by atoms with Crippen LogP contribution in [0, 0.1) is 0 Å². The lowest BCUT2D eigenvalue weighted by Crippen LogP contribution is -2.22. The summed E-state index contributed by atoms with van der Waals surface area (Å²) in [5, 5.41) is 21.2. The number of benzene rings is 2. The highest BCUT2D eigenvalue weighted by Gasteiger charge is 2.02. The molecule has 2 aromatic rings. The van der Waals surface area contributed by atoms with Gasteiger partial charge in [-0.3, -0.25) is 0 Å². The third-order valence-electron chi connectivity index (χ3n) is 3.22. The van der Waals surface area contributed by atoms with Crippen LogP contribution >= 0.6 is 0 Å². The molecule has 0 radical (unpaired) electrons. The number of nitrogens with one attached hydrogen (secondary N) is 1. The van der Waals surface area contributed by atoms with Crippen molar-refractivity contribution in [2.45, 2.75) is 19.6 Å². The maximum Gasteiger partial charge on any atom is 0.120 e. The smallest absolute Gasteiger partial charge is 0.120 e. The zero-order valence-electron chi connectivity index (χ0n) is 13.2. The van der Waals surface area contributed by atoms with Crippen LogP contribution in [0.15, 0.2) is 48.5 Å². The van der Waals surface area contributed by atoms with Gasteiger partial charge in [0, 0.05) is 12.2 Å². The van der Waals surface area contributed by atoms with Crippen LogP contribution in [-0.2, 0) is 6.61 Å². The van der Waals surface area contributed by atoms with Gasteiger partial charge in [0.25, 0.3) is 0 Å². The van der Waals surface area contributed by atoms with E-state index in [0.29, 0.717) is 19.8 Å². The molecule has 1 atom stereocenters. The zero-order valence-corrected chi connectivity index (χ0v) is 13.2. The molecule has 0 heterocycles. The molecule has 3 N–H and O–H groups in total. The molecule has 0 aromatic heterocycles. The molecule has 0 aliphatic rings. The van der Waals surface area contributed by atoms with Gasteiger partial charge in [-0.15, -0.1) is 0 Å². The third kappa shape index (κ3) is 5.81. The summed E-state index contributed by atoms with van der Waals surface area (Å²) in [4.78, 5) is 0. The Morgan fingerprint density at radius 3 is 2.39 bits per heavy atom. The molecule has 0 spiro atoms. The minimum atomic E-state index is -0.765. The Labute approximate surface area is 136 Å². The van der Waals surface area contributed by atoms with E-state index >= 15 is 0 Å². The van der Waals surface area contributed by atoms with Crippen molar-refractivity contribution >= 4 is 5.69 Å². The Hall–Kier alpha value is -2.24. The number of aliphatic hydroxyl groups excluding tert-OH is 2. The summed E-state index contributed by atoms with van der Waals surface area (Å²) in [6, 6.07) is 15.3. The first-order chi connectivity index (χ1) is 11.2. The van der Waals surface area contributed by atoms with E-state index < -0.39 is 6.10 Å². The van der Waals surface area contributed by atoms with E-state index in [1.54, 1.807) is 0 Å². The fourth-order valence-electron chi connectivity index (χ4n) is 2.04. The predicted octanol–water partition coefficient (Wildman–Crippen LogP) is 2.43. The van der Waals surface area contributed by atoms with Gasteiger partial charge in [0.1, 0.15) is 18.1 Å². The van der Waals surface area contributed by atoms with Crippen molar-refractivity contribution in [1.29, 1.82) is 0 Å². The maximum absolute atomic E-state index is 9.35. The summed E-state index contributed by atoms with van der Waals surface area (Å²) in [5.41, 5.74) is 1.90. The van der Waals surface area contributed by atoms with E-state index in [4.69, 9.17) is 14.6 Å². The Bertz CT molecular complexity index is 586. The average Bonchev–Trinajstić information content (AvgIpc) is 2.59. The van der Waals surface area contributed by atoms with Crippen molar-refractivity contribution in [3.8, 4) is 11.5 Å². The van der Waals surface area contributed by atoms with Crippen LogP contribution in [0.1, 0.15) is 12.5 Å². The highest BCUT2D eigenvalue weighted by Crippen LogP contribution is 2.19. The Morgan fingerprint density at radius 1 is 1.04 bits per heavy atom. The Kier molecular flexibility index (Phi) is 6.72. The zero-order chi connectivity index (χ0) is 16.5. The summed E-state index contributed by atoms with van der Waals surface area (Å²) in [6.45, 7) is 3.09. The maximum atomic E-state index is 9.35. The topological polar surface area (TPSA) is 71.0 Å². The summed E-state index contributed by atoms with van der Waals surface area (Å²) in [5.74, 6) is 1.61. The third-order valence-corrected chi connectivity index (χ3v) is 3.22. The SMILES string of the molecule is CCOc1ccc(OCc2cccc(NCC(O)CO)c2)cc1.